The SMILES string of the molecule is CN(CCO)C(=O)Cc1csc(-c2ccc(CN3CCOCC3)cc2)n1. The van der Waals surface area contributed by atoms with Crippen LogP contribution in [0.15, 0.2) is 29.6 Å². The minimum absolute atomic E-state index is 0.0264. The van der Waals surface area contributed by atoms with E-state index in [4.69, 9.17) is 9.84 Å². The largest absolute Gasteiger partial charge is 0.395 e. The Morgan fingerprint density at radius 2 is 2.04 bits per heavy atom. The van der Waals surface area contributed by atoms with Crippen molar-refractivity contribution < 1.29 is 14.6 Å². The topological polar surface area (TPSA) is 65.9 Å². The molecule has 1 N–H and O–H groups in total. The van der Waals surface area contributed by atoms with Crippen molar-refractivity contribution in [2.75, 3.05) is 46.5 Å². The molecule has 1 aliphatic heterocycles. The second-order valence-corrected chi connectivity index (χ2v) is 7.30. The number of carbonyl (C=O) groups is 1. The Labute approximate surface area is 158 Å². The van der Waals surface area contributed by atoms with Crippen LogP contribution in [0.3, 0.4) is 0 Å². The van der Waals surface area contributed by atoms with E-state index in [1.165, 1.54) is 10.5 Å². The van der Waals surface area contributed by atoms with Crippen LogP contribution in [0, 0.1) is 0 Å². The number of nitrogens with zero attached hydrogens (tertiary/aromatic N) is 3. The summed E-state index contributed by atoms with van der Waals surface area (Å²) in [6.07, 6.45) is 0.266. The second kappa shape index (κ2) is 9.23. The van der Waals surface area contributed by atoms with Gasteiger partial charge in [0.2, 0.25) is 5.91 Å². The zero-order chi connectivity index (χ0) is 18.4. The van der Waals surface area contributed by atoms with Crippen molar-refractivity contribution in [2.45, 2.75) is 13.0 Å². The van der Waals surface area contributed by atoms with Gasteiger partial charge in [0, 0.05) is 44.2 Å². The number of thiazole rings is 1. The maximum absolute atomic E-state index is 12.0. The standard InChI is InChI=1S/C19H25N3O3S/c1-21(6-9-23)18(24)12-17-14-26-19(20-17)16-4-2-15(3-5-16)13-22-7-10-25-11-8-22/h2-5,14,23H,6-13H2,1H3. The van der Waals surface area contributed by atoms with Gasteiger partial charge in [-0.25, -0.2) is 4.98 Å². The van der Waals surface area contributed by atoms with Crippen LogP contribution in [-0.4, -0.2) is 72.3 Å². The summed E-state index contributed by atoms with van der Waals surface area (Å²) in [6, 6.07) is 8.48. The summed E-state index contributed by atoms with van der Waals surface area (Å²) in [7, 11) is 1.69. The molecule has 26 heavy (non-hydrogen) atoms. The smallest absolute Gasteiger partial charge is 0.228 e. The van der Waals surface area contributed by atoms with Crippen LogP contribution in [0.4, 0.5) is 0 Å². The molecule has 3 rings (SSSR count). The van der Waals surface area contributed by atoms with Crippen molar-refractivity contribution in [1.29, 1.82) is 0 Å². The predicted molar refractivity (Wildman–Crippen MR) is 102 cm³/mol. The Balaban J connectivity index is 1.59. The minimum atomic E-state index is -0.0308. The van der Waals surface area contributed by atoms with Gasteiger partial charge in [0.1, 0.15) is 5.01 Å². The number of aliphatic hydroxyl groups excluding tert-OH is 1. The van der Waals surface area contributed by atoms with Crippen molar-refractivity contribution in [1.82, 2.24) is 14.8 Å². The zero-order valence-electron chi connectivity index (χ0n) is 15.1. The molecular weight excluding hydrogens is 350 g/mol. The Morgan fingerprint density at radius 3 is 2.73 bits per heavy atom. The van der Waals surface area contributed by atoms with E-state index in [0.717, 1.165) is 49.1 Å². The summed E-state index contributed by atoms with van der Waals surface area (Å²) in [5.41, 5.74) is 3.13. The number of rotatable bonds is 7. The average Bonchev–Trinajstić information content (AvgIpc) is 3.12. The lowest BCUT2D eigenvalue weighted by Gasteiger charge is -2.26. The summed E-state index contributed by atoms with van der Waals surface area (Å²) in [4.78, 5) is 20.6. The molecule has 6 nitrogen and oxygen atoms in total. The van der Waals surface area contributed by atoms with Gasteiger partial charge in [-0.3, -0.25) is 9.69 Å². The highest BCUT2D eigenvalue weighted by Gasteiger charge is 2.13. The normalized spacial score (nSPS) is 15.2. The van der Waals surface area contributed by atoms with E-state index in [9.17, 15) is 4.79 Å². The number of aliphatic hydroxyl groups is 1. The summed E-state index contributed by atoms with van der Waals surface area (Å²) in [5, 5.41) is 11.8. The van der Waals surface area contributed by atoms with Crippen LogP contribution in [0.5, 0.6) is 0 Å². The molecule has 140 valence electrons. The lowest BCUT2D eigenvalue weighted by molar-refractivity contribution is -0.129. The molecule has 0 radical (unpaired) electrons. The Hall–Kier alpha value is -1.80. The van der Waals surface area contributed by atoms with Crippen molar-refractivity contribution in [3.05, 3.63) is 40.9 Å². The number of amides is 1. The number of likely N-dealkylation sites (N-methyl/N-ethyl adjacent to an activating group) is 1. The molecule has 1 amide bonds. The third-order valence-corrected chi connectivity index (χ3v) is 5.40. The molecule has 0 bridgehead atoms. The van der Waals surface area contributed by atoms with Crippen molar-refractivity contribution in [2.24, 2.45) is 0 Å². The van der Waals surface area contributed by atoms with E-state index in [2.05, 4.69) is 34.1 Å². The molecule has 7 heteroatoms. The Bertz CT molecular complexity index is 711. The van der Waals surface area contributed by atoms with Gasteiger partial charge in [0.25, 0.3) is 0 Å². The van der Waals surface area contributed by atoms with Gasteiger partial charge in [-0.05, 0) is 5.56 Å². The number of aromatic nitrogens is 1. The van der Waals surface area contributed by atoms with E-state index < -0.39 is 0 Å². The van der Waals surface area contributed by atoms with Crippen molar-refractivity contribution in [3.63, 3.8) is 0 Å². The highest BCUT2D eigenvalue weighted by Crippen LogP contribution is 2.24. The van der Waals surface area contributed by atoms with Gasteiger partial charge < -0.3 is 14.7 Å². The maximum Gasteiger partial charge on any atom is 0.228 e. The number of ether oxygens (including phenoxy) is 1. The quantitative estimate of drug-likeness (QED) is 0.797. The summed E-state index contributed by atoms with van der Waals surface area (Å²) >= 11 is 1.55. The van der Waals surface area contributed by atoms with Crippen LogP contribution in [-0.2, 0) is 22.5 Å². The maximum atomic E-state index is 12.0. The Kier molecular flexibility index (Phi) is 6.73. The average molecular weight is 375 g/mol. The van der Waals surface area contributed by atoms with Crippen LogP contribution in [0.1, 0.15) is 11.3 Å². The molecule has 0 saturated carbocycles. The van der Waals surface area contributed by atoms with Crippen LogP contribution in [0.25, 0.3) is 10.6 Å². The van der Waals surface area contributed by atoms with Gasteiger partial charge >= 0.3 is 0 Å². The fourth-order valence-electron chi connectivity index (χ4n) is 2.86. The first-order chi connectivity index (χ1) is 12.7. The monoisotopic (exact) mass is 375 g/mol. The molecule has 2 heterocycles. The molecule has 0 spiro atoms. The van der Waals surface area contributed by atoms with Gasteiger partial charge in [-0.15, -0.1) is 11.3 Å². The van der Waals surface area contributed by atoms with E-state index in [1.807, 2.05) is 5.38 Å². The number of morpholine rings is 1. The van der Waals surface area contributed by atoms with E-state index >= 15 is 0 Å². The predicted octanol–water partition coefficient (Wildman–Crippen LogP) is 1.64. The first-order valence-corrected chi connectivity index (χ1v) is 9.72. The van der Waals surface area contributed by atoms with Crippen molar-refractivity contribution in [3.8, 4) is 10.6 Å². The van der Waals surface area contributed by atoms with E-state index in [-0.39, 0.29) is 18.9 Å². The van der Waals surface area contributed by atoms with Crippen molar-refractivity contribution >= 4 is 17.2 Å². The molecule has 2 aromatic rings. The van der Waals surface area contributed by atoms with Gasteiger partial charge in [-0.1, -0.05) is 24.3 Å². The molecule has 0 unspecified atom stereocenters. The fourth-order valence-corrected chi connectivity index (χ4v) is 3.68. The zero-order valence-corrected chi connectivity index (χ0v) is 15.9. The molecule has 1 aromatic heterocycles. The molecular formula is C19H25N3O3S. The fraction of sp³-hybridized carbons (Fsp3) is 0.474. The number of carbonyl (C=O) groups excluding carboxylic acids is 1. The minimum Gasteiger partial charge on any atom is -0.395 e. The third kappa shape index (κ3) is 5.11. The summed E-state index contributed by atoms with van der Waals surface area (Å²) < 4.78 is 5.38. The molecule has 1 aromatic carbocycles. The van der Waals surface area contributed by atoms with Gasteiger partial charge in [-0.2, -0.15) is 0 Å². The molecule has 0 aliphatic carbocycles. The molecule has 1 fully saturated rings. The van der Waals surface area contributed by atoms with E-state index in [1.54, 1.807) is 18.4 Å². The summed E-state index contributed by atoms with van der Waals surface area (Å²) in [6.45, 7) is 4.85. The highest BCUT2D eigenvalue weighted by atomic mass is 32.1. The first kappa shape index (κ1) is 19.0. The second-order valence-electron chi connectivity index (χ2n) is 6.45. The van der Waals surface area contributed by atoms with Crippen LogP contribution in [0.2, 0.25) is 0 Å². The van der Waals surface area contributed by atoms with E-state index in [0.29, 0.717) is 6.54 Å². The summed E-state index contributed by atoms with van der Waals surface area (Å²) in [5.74, 6) is -0.0308. The molecule has 1 aliphatic rings. The molecule has 1 saturated heterocycles. The van der Waals surface area contributed by atoms with Gasteiger partial charge in [0.15, 0.2) is 0 Å². The lowest BCUT2D eigenvalue weighted by atomic mass is 10.1. The number of hydrogen-bond acceptors (Lipinski definition) is 6. The van der Waals surface area contributed by atoms with Crippen LogP contribution < -0.4 is 0 Å². The van der Waals surface area contributed by atoms with Crippen LogP contribution >= 0.6 is 11.3 Å². The highest BCUT2D eigenvalue weighted by molar-refractivity contribution is 7.13. The Morgan fingerprint density at radius 1 is 1.31 bits per heavy atom. The van der Waals surface area contributed by atoms with Gasteiger partial charge in [0.05, 0.1) is 31.9 Å². The first-order valence-electron chi connectivity index (χ1n) is 8.84. The number of benzene rings is 1. The number of hydrogen-bond donors (Lipinski definition) is 1. The lowest BCUT2D eigenvalue weighted by Crippen LogP contribution is -2.35. The molecule has 0 atom stereocenters. The third-order valence-electron chi connectivity index (χ3n) is 4.46.